The fraction of sp³-hybridized carbons (Fsp3) is 0.463. The lowest BCUT2D eigenvalue weighted by atomic mass is 9.81. The summed E-state index contributed by atoms with van der Waals surface area (Å²) in [5, 5.41) is 28.2. The molecule has 404 valence electrons. The molecule has 6 amide bonds. The maximum Gasteiger partial charge on any atom is 0.442 e. The number of hydrogen-bond donors (Lipinski definition) is 7. The van der Waals surface area contributed by atoms with E-state index in [1.807, 2.05) is 6.07 Å². The number of hydroxylamine groups is 1. The third kappa shape index (κ3) is 13.9. The van der Waals surface area contributed by atoms with Gasteiger partial charge in [0.1, 0.15) is 19.1 Å². The number of nitrogens with zero attached hydrogens (tertiary/aromatic N) is 4. The van der Waals surface area contributed by atoms with Crippen LogP contribution in [0, 0.1) is 5.92 Å². The Balaban J connectivity index is 0.0000104. The highest BCUT2D eigenvalue weighted by Crippen LogP contribution is 2.52. The number of allylic oxidation sites excluding steroid dienone is 4. The summed E-state index contributed by atoms with van der Waals surface area (Å²) in [5.74, 6) is -4.32. The van der Waals surface area contributed by atoms with Crippen molar-refractivity contribution in [2.24, 2.45) is 16.1 Å². The van der Waals surface area contributed by atoms with Crippen LogP contribution >= 0.6 is 0 Å². The van der Waals surface area contributed by atoms with Gasteiger partial charge in [-0.1, -0.05) is 88.7 Å². The molecule has 21 heteroatoms. The Bertz CT molecular complexity index is 2720. The molecule has 0 saturated heterocycles. The van der Waals surface area contributed by atoms with Gasteiger partial charge in [0, 0.05) is 65.1 Å². The van der Waals surface area contributed by atoms with Crippen molar-refractivity contribution >= 4 is 52.5 Å². The lowest BCUT2D eigenvalue weighted by Crippen LogP contribution is -3.00. The van der Waals surface area contributed by atoms with Crippen molar-refractivity contribution in [3.8, 4) is 0 Å². The number of hydrogen-bond acceptors (Lipinski definition) is 10. The van der Waals surface area contributed by atoms with E-state index in [1.165, 1.54) is 33.7 Å². The number of carbonyl (C=O) groups is 6. The molecule has 3 aromatic rings. The first-order valence-corrected chi connectivity index (χ1v) is 25.0. The largest absolute Gasteiger partial charge is 1.00 e. The second-order valence-corrected chi connectivity index (χ2v) is 20.0. The molecule has 0 unspecified atom stereocenters. The van der Waals surface area contributed by atoms with Crippen molar-refractivity contribution in [2.45, 2.75) is 121 Å². The molecule has 0 aliphatic carbocycles. The average molecular weight is 1150 g/mol. The van der Waals surface area contributed by atoms with E-state index < -0.39 is 66.5 Å². The standard InChI is InChI=1S/C54H67F3N10O7.HI/c1-8-34(2)47(50(73)63-74)62-46(70)33-59-45(69)32-60-49(72)39(61-48(71)35-26-28-36(29-27-35)53(64-65-53)54(55,56)57)20-13-15-30-58-44(68)25-14-16-31-67-41-22-12-10-19-38(41)52(5,6)43(67)24-17-23-42-51(3,4)37-18-9-11-21-40(37)66(42)7;/h9-12,17-19,21-24,26-29,34,39,47H,8,13-16,20,25,30-33H2,1-7H3,(H6-,58,59,60,61,62,63,64,65,68,69,70,71,72,73,74);1H/t34-,39-,47-;/m0./s1. The van der Waals surface area contributed by atoms with Gasteiger partial charge in [-0.3, -0.25) is 34.0 Å². The van der Waals surface area contributed by atoms with E-state index in [4.69, 9.17) is 5.21 Å². The summed E-state index contributed by atoms with van der Waals surface area (Å²) in [5.41, 5.74) is 5.35. The molecule has 17 nitrogen and oxygen atoms in total. The van der Waals surface area contributed by atoms with E-state index in [9.17, 15) is 41.9 Å². The average Bonchev–Trinajstić information content (AvgIpc) is 4.15. The minimum Gasteiger partial charge on any atom is -1.00 e. The normalized spacial score (nSPS) is 17.3. The fourth-order valence-corrected chi connectivity index (χ4v) is 9.59. The van der Waals surface area contributed by atoms with Gasteiger partial charge < -0.3 is 55.5 Å². The highest BCUT2D eigenvalue weighted by molar-refractivity contribution is 6.03. The van der Waals surface area contributed by atoms with Crippen LogP contribution in [-0.2, 0) is 40.5 Å². The number of alkyl halides is 3. The first-order valence-electron chi connectivity index (χ1n) is 25.0. The van der Waals surface area contributed by atoms with Gasteiger partial charge in [0.05, 0.1) is 18.5 Å². The third-order valence-corrected chi connectivity index (χ3v) is 14.2. The van der Waals surface area contributed by atoms with E-state index in [0.717, 1.165) is 36.4 Å². The van der Waals surface area contributed by atoms with E-state index in [-0.39, 0.29) is 70.7 Å². The number of benzene rings is 3. The Morgan fingerprint density at radius 2 is 1.43 bits per heavy atom. The highest BCUT2D eigenvalue weighted by Gasteiger charge is 2.65. The number of anilines is 1. The Kier molecular flexibility index (Phi) is 20.1. The van der Waals surface area contributed by atoms with Crippen LogP contribution in [0.4, 0.5) is 24.5 Å². The molecule has 3 aliphatic rings. The predicted molar refractivity (Wildman–Crippen MR) is 273 cm³/mol. The SMILES string of the molecule is CC[C@H](C)[C@H](NC(=O)CNC(=O)CNC(=O)[C@H](CCCCNC(=O)CCCCN1/C(=C/C=C/C2=[N+](C)c3ccccc3C2(C)C)C(C)(C)c2ccccc21)NC(=O)c1ccc(C2(C(F)(F)F)N=N2)cc1)C(=O)NO.[I-]. The first kappa shape index (κ1) is 59.4. The molecule has 0 bridgehead atoms. The summed E-state index contributed by atoms with van der Waals surface area (Å²) in [7, 11) is 2.10. The molecule has 0 saturated carbocycles. The number of halogens is 4. The molecule has 0 spiro atoms. The number of unbranched alkanes of at least 4 members (excludes halogenated alkanes) is 2. The number of rotatable bonds is 24. The number of fused-ring (bicyclic) bond motifs is 2. The molecule has 3 heterocycles. The third-order valence-electron chi connectivity index (χ3n) is 14.2. The fourth-order valence-electron chi connectivity index (χ4n) is 9.59. The van der Waals surface area contributed by atoms with Crippen LogP contribution in [0.25, 0.3) is 0 Å². The number of carbonyl (C=O) groups excluding carboxylic acids is 6. The van der Waals surface area contributed by atoms with E-state index in [2.05, 4.69) is 142 Å². The van der Waals surface area contributed by atoms with Crippen LogP contribution < -0.4 is 60.9 Å². The summed E-state index contributed by atoms with van der Waals surface area (Å²) in [6, 6.07) is 19.1. The maximum absolute atomic E-state index is 13.6. The number of amides is 6. The Hall–Kier alpha value is -6.49. The van der Waals surface area contributed by atoms with Gasteiger partial charge in [-0.15, -0.1) is 10.2 Å². The second-order valence-electron chi connectivity index (χ2n) is 20.0. The lowest BCUT2D eigenvalue weighted by Gasteiger charge is -2.27. The molecule has 3 atom stereocenters. The maximum atomic E-state index is 13.6. The molecular weight excluding hydrogens is 1080 g/mol. The van der Waals surface area contributed by atoms with E-state index >= 15 is 0 Å². The zero-order chi connectivity index (χ0) is 54.0. The van der Waals surface area contributed by atoms with Crippen LogP contribution in [-0.4, -0.2) is 102 Å². The Morgan fingerprint density at radius 1 is 0.773 bits per heavy atom. The second kappa shape index (κ2) is 25.4. The zero-order valence-electron chi connectivity index (χ0n) is 43.4. The molecule has 75 heavy (non-hydrogen) atoms. The molecule has 7 N–H and O–H groups in total. The number of para-hydroxylation sites is 2. The molecule has 3 aliphatic heterocycles. The molecule has 6 rings (SSSR count). The Morgan fingerprint density at radius 3 is 2.07 bits per heavy atom. The Labute approximate surface area is 452 Å². The van der Waals surface area contributed by atoms with Crippen LogP contribution in [0.2, 0.25) is 0 Å². The molecule has 0 fully saturated rings. The quantitative estimate of drug-likeness (QED) is 0.0230. The van der Waals surface area contributed by atoms with E-state index in [0.29, 0.717) is 38.6 Å². The van der Waals surface area contributed by atoms with Gasteiger partial charge in [0.15, 0.2) is 5.71 Å². The lowest BCUT2D eigenvalue weighted by molar-refractivity contribution is -0.401. The molecular formula is C54H68F3IN10O7. The minimum atomic E-state index is -4.76. The van der Waals surface area contributed by atoms with Gasteiger partial charge in [-0.05, 0) is 81.7 Å². The first-order chi connectivity index (χ1) is 35.1. The molecule has 0 aromatic heterocycles. The van der Waals surface area contributed by atoms with Gasteiger partial charge in [-0.2, -0.15) is 17.7 Å². The summed E-state index contributed by atoms with van der Waals surface area (Å²) < 4.78 is 43.0. The monoisotopic (exact) mass is 1150 g/mol. The summed E-state index contributed by atoms with van der Waals surface area (Å²) in [6.45, 7) is 12.3. The van der Waals surface area contributed by atoms with Gasteiger partial charge in [0.25, 0.3) is 11.8 Å². The van der Waals surface area contributed by atoms with Crippen molar-refractivity contribution in [2.75, 3.05) is 38.1 Å². The minimum absolute atomic E-state index is 0. The summed E-state index contributed by atoms with van der Waals surface area (Å²) in [6.07, 6.45) is 4.80. The summed E-state index contributed by atoms with van der Waals surface area (Å²) >= 11 is 0. The van der Waals surface area contributed by atoms with Crippen LogP contribution in [0.5, 0.6) is 0 Å². The molecule has 0 radical (unpaired) electrons. The highest BCUT2D eigenvalue weighted by atomic mass is 127. The predicted octanol–water partition coefficient (Wildman–Crippen LogP) is 3.64. The van der Waals surface area contributed by atoms with Crippen molar-refractivity contribution in [3.05, 3.63) is 119 Å². The number of nitrogens with one attached hydrogen (secondary N) is 6. The van der Waals surface area contributed by atoms with Crippen molar-refractivity contribution in [1.29, 1.82) is 0 Å². The smallest absolute Gasteiger partial charge is 0.442 e. The summed E-state index contributed by atoms with van der Waals surface area (Å²) in [4.78, 5) is 79.4. The van der Waals surface area contributed by atoms with Crippen molar-refractivity contribution in [3.63, 3.8) is 0 Å². The molecule has 3 aromatic carbocycles. The van der Waals surface area contributed by atoms with E-state index in [1.54, 1.807) is 13.8 Å². The van der Waals surface area contributed by atoms with Crippen LogP contribution in [0.3, 0.4) is 0 Å². The van der Waals surface area contributed by atoms with Gasteiger partial charge in [0.2, 0.25) is 29.3 Å². The topological polar surface area (TPSA) is 226 Å². The van der Waals surface area contributed by atoms with Gasteiger partial charge in [-0.25, -0.2) is 5.48 Å². The van der Waals surface area contributed by atoms with Crippen molar-refractivity contribution < 1.29 is 75.7 Å². The zero-order valence-corrected chi connectivity index (χ0v) is 45.5. The van der Waals surface area contributed by atoms with Gasteiger partial charge >= 0.3 is 11.8 Å². The van der Waals surface area contributed by atoms with Crippen LogP contribution in [0.15, 0.2) is 107 Å². The van der Waals surface area contributed by atoms with Crippen molar-refractivity contribution in [1.82, 2.24) is 32.1 Å². The van der Waals surface area contributed by atoms with Crippen LogP contribution in [0.1, 0.15) is 114 Å².